The highest BCUT2D eigenvalue weighted by Gasteiger charge is 2.20. The molecule has 1 fully saturated rings. The summed E-state index contributed by atoms with van der Waals surface area (Å²) >= 11 is 0. The predicted molar refractivity (Wildman–Crippen MR) is 91.7 cm³/mol. The molecule has 4 heterocycles. The Hall–Kier alpha value is -2.76. The first kappa shape index (κ1) is 14.8. The Morgan fingerprint density at radius 2 is 1.83 bits per heavy atom. The van der Waals surface area contributed by atoms with Crippen molar-refractivity contribution in [3.63, 3.8) is 0 Å². The van der Waals surface area contributed by atoms with E-state index in [4.69, 9.17) is 9.51 Å². The van der Waals surface area contributed by atoms with Crippen LogP contribution in [-0.2, 0) is 0 Å². The van der Waals surface area contributed by atoms with Crippen molar-refractivity contribution in [3.05, 3.63) is 42.0 Å². The van der Waals surface area contributed by atoms with Gasteiger partial charge in [-0.05, 0) is 38.8 Å². The molecular weight excluding hydrogens is 302 g/mol. The minimum atomic E-state index is 0.677. The lowest BCUT2D eigenvalue weighted by Crippen LogP contribution is -2.20. The van der Waals surface area contributed by atoms with Gasteiger partial charge in [-0.1, -0.05) is 5.16 Å². The molecule has 0 saturated carbocycles. The normalized spacial score (nSPS) is 14.3. The molecule has 4 rings (SSSR count). The van der Waals surface area contributed by atoms with Gasteiger partial charge in [0.1, 0.15) is 0 Å². The molecule has 3 aromatic heterocycles. The molecule has 0 bridgehead atoms. The maximum absolute atomic E-state index is 5.44. The molecule has 1 aliphatic rings. The van der Waals surface area contributed by atoms with Gasteiger partial charge in [0.15, 0.2) is 5.76 Å². The average Bonchev–Trinajstić information content (AvgIpc) is 3.27. The number of rotatable bonds is 3. The van der Waals surface area contributed by atoms with Crippen LogP contribution in [0.3, 0.4) is 0 Å². The summed E-state index contributed by atoms with van der Waals surface area (Å²) in [6.07, 6.45) is 6.05. The van der Waals surface area contributed by atoms with Gasteiger partial charge in [-0.2, -0.15) is 0 Å². The average molecular weight is 321 g/mol. The van der Waals surface area contributed by atoms with E-state index < -0.39 is 0 Å². The van der Waals surface area contributed by atoms with Gasteiger partial charge in [0, 0.05) is 42.8 Å². The fraction of sp³-hybridized carbons (Fsp3) is 0.333. The van der Waals surface area contributed by atoms with Gasteiger partial charge in [0.05, 0.1) is 17.0 Å². The first-order chi connectivity index (χ1) is 11.7. The fourth-order valence-electron chi connectivity index (χ4n) is 2.94. The Bertz CT molecular complexity index is 850. The SMILES string of the molecule is Cc1ccc(-c2nc(N3CCCC3)ncc2-c2cc(C)no2)cn1. The molecule has 0 unspecified atom stereocenters. The van der Waals surface area contributed by atoms with Crippen molar-refractivity contribution in [1.82, 2.24) is 20.1 Å². The highest BCUT2D eigenvalue weighted by Crippen LogP contribution is 2.32. The monoisotopic (exact) mass is 321 g/mol. The largest absolute Gasteiger partial charge is 0.356 e. The molecule has 24 heavy (non-hydrogen) atoms. The Balaban J connectivity index is 1.84. The number of aromatic nitrogens is 4. The zero-order valence-electron chi connectivity index (χ0n) is 13.9. The Morgan fingerprint density at radius 3 is 2.50 bits per heavy atom. The maximum atomic E-state index is 5.44. The summed E-state index contributed by atoms with van der Waals surface area (Å²) in [5.41, 5.74) is 4.43. The molecule has 0 radical (unpaired) electrons. The first-order valence-electron chi connectivity index (χ1n) is 8.19. The van der Waals surface area contributed by atoms with E-state index in [0.717, 1.165) is 47.2 Å². The van der Waals surface area contributed by atoms with Crippen molar-refractivity contribution in [2.24, 2.45) is 0 Å². The van der Waals surface area contributed by atoms with Crippen LogP contribution < -0.4 is 4.90 Å². The lowest BCUT2D eigenvalue weighted by atomic mass is 10.1. The highest BCUT2D eigenvalue weighted by molar-refractivity contribution is 5.78. The van der Waals surface area contributed by atoms with Gasteiger partial charge >= 0.3 is 0 Å². The van der Waals surface area contributed by atoms with E-state index in [2.05, 4.69) is 20.0 Å². The Morgan fingerprint density at radius 1 is 1.00 bits per heavy atom. The molecule has 0 aromatic carbocycles. The van der Waals surface area contributed by atoms with E-state index >= 15 is 0 Å². The maximum Gasteiger partial charge on any atom is 0.225 e. The Labute approximate surface area is 140 Å². The van der Waals surface area contributed by atoms with Crippen LogP contribution in [0.15, 0.2) is 35.1 Å². The van der Waals surface area contributed by atoms with Crippen molar-refractivity contribution < 1.29 is 4.52 Å². The van der Waals surface area contributed by atoms with Gasteiger partial charge in [0.2, 0.25) is 5.95 Å². The second kappa shape index (κ2) is 6.03. The van der Waals surface area contributed by atoms with E-state index in [-0.39, 0.29) is 0 Å². The highest BCUT2D eigenvalue weighted by atomic mass is 16.5. The van der Waals surface area contributed by atoms with Crippen LogP contribution >= 0.6 is 0 Å². The van der Waals surface area contributed by atoms with Crippen molar-refractivity contribution in [1.29, 1.82) is 0 Å². The molecule has 0 amide bonds. The zero-order valence-corrected chi connectivity index (χ0v) is 13.9. The van der Waals surface area contributed by atoms with Gasteiger partial charge in [0.25, 0.3) is 0 Å². The summed E-state index contributed by atoms with van der Waals surface area (Å²) in [6.45, 7) is 5.89. The summed E-state index contributed by atoms with van der Waals surface area (Å²) < 4.78 is 5.44. The minimum Gasteiger partial charge on any atom is -0.356 e. The van der Waals surface area contributed by atoms with Crippen LogP contribution in [-0.4, -0.2) is 33.2 Å². The second-order valence-corrected chi connectivity index (χ2v) is 6.15. The van der Waals surface area contributed by atoms with Crippen molar-refractivity contribution in [3.8, 4) is 22.6 Å². The summed E-state index contributed by atoms with van der Waals surface area (Å²) in [5, 5.41) is 3.99. The van der Waals surface area contributed by atoms with Crippen LogP contribution in [0, 0.1) is 13.8 Å². The molecule has 6 nitrogen and oxygen atoms in total. The quantitative estimate of drug-likeness (QED) is 0.736. The molecule has 0 spiro atoms. The van der Waals surface area contributed by atoms with Gasteiger partial charge in [-0.15, -0.1) is 0 Å². The van der Waals surface area contributed by atoms with E-state index in [1.807, 2.05) is 44.4 Å². The standard InChI is InChI=1S/C18H19N5O/c1-12-5-6-14(10-19-12)17-15(16-9-13(2)22-24-16)11-20-18(21-17)23-7-3-4-8-23/h5-6,9-11H,3-4,7-8H2,1-2H3. The third kappa shape index (κ3) is 2.75. The van der Waals surface area contributed by atoms with Crippen LogP contribution in [0.1, 0.15) is 24.2 Å². The van der Waals surface area contributed by atoms with Crippen molar-refractivity contribution in [2.75, 3.05) is 18.0 Å². The molecule has 0 atom stereocenters. The van der Waals surface area contributed by atoms with Crippen LogP contribution in [0.2, 0.25) is 0 Å². The van der Waals surface area contributed by atoms with E-state index in [9.17, 15) is 0 Å². The van der Waals surface area contributed by atoms with E-state index in [0.29, 0.717) is 5.76 Å². The molecule has 1 saturated heterocycles. The number of pyridine rings is 1. The van der Waals surface area contributed by atoms with Crippen molar-refractivity contribution in [2.45, 2.75) is 26.7 Å². The Kier molecular flexibility index (Phi) is 3.72. The van der Waals surface area contributed by atoms with E-state index in [1.165, 1.54) is 12.8 Å². The predicted octanol–water partition coefficient (Wildman–Crippen LogP) is 3.41. The van der Waals surface area contributed by atoms with E-state index in [1.54, 1.807) is 0 Å². The van der Waals surface area contributed by atoms with Crippen molar-refractivity contribution >= 4 is 5.95 Å². The van der Waals surface area contributed by atoms with Gasteiger partial charge in [-0.25, -0.2) is 9.97 Å². The number of anilines is 1. The molecule has 0 aliphatic carbocycles. The van der Waals surface area contributed by atoms with Gasteiger partial charge < -0.3 is 9.42 Å². The second-order valence-electron chi connectivity index (χ2n) is 6.15. The number of hydrogen-bond acceptors (Lipinski definition) is 6. The van der Waals surface area contributed by atoms with Crippen LogP contribution in [0.5, 0.6) is 0 Å². The molecular formula is C18H19N5O. The minimum absolute atomic E-state index is 0.677. The number of hydrogen-bond donors (Lipinski definition) is 0. The molecule has 0 N–H and O–H groups in total. The summed E-state index contributed by atoms with van der Waals surface area (Å²) in [5.74, 6) is 1.44. The smallest absolute Gasteiger partial charge is 0.225 e. The summed E-state index contributed by atoms with van der Waals surface area (Å²) in [7, 11) is 0. The molecule has 6 heteroatoms. The molecule has 3 aromatic rings. The van der Waals surface area contributed by atoms with Gasteiger partial charge in [-0.3, -0.25) is 4.98 Å². The number of aryl methyl sites for hydroxylation is 2. The summed E-state index contributed by atoms with van der Waals surface area (Å²) in [4.78, 5) is 16.0. The molecule has 1 aliphatic heterocycles. The lowest BCUT2D eigenvalue weighted by molar-refractivity contribution is 0.427. The van der Waals surface area contributed by atoms with Crippen LogP contribution in [0.25, 0.3) is 22.6 Å². The molecule has 122 valence electrons. The fourth-order valence-corrected chi connectivity index (χ4v) is 2.94. The summed E-state index contributed by atoms with van der Waals surface area (Å²) in [6, 6.07) is 5.92. The first-order valence-corrected chi connectivity index (χ1v) is 8.19. The van der Waals surface area contributed by atoms with Crippen LogP contribution in [0.4, 0.5) is 5.95 Å². The zero-order chi connectivity index (χ0) is 16.5. The third-order valence-electron chi connectivity index (χ3n) is 4.24. The lowest BCUT2D eigenvalue weighted by Gasteiger charge is -2.17. The third-order valence-corrected chi connectivity index (χ3v) is 4.24. The number of nitrogens with zero attached hydrogens (tertiary/aromatic N) is 5. The topological polar surface area (TPSA) is 67.9 Å².